The first-order valence-electron chi connectivity index (χ1n) is 9.45. The number of carbonyl (C=O) groups is 1. The fraction of sp³-hybridized carbons (Fsp3) is 0.632. The van der Waals surface area contributed by atoms with Gasteiger partial charge in [-0.05, 0) is 56.8 Å². The second-order valence-electron chi connectivity index (χ2n) is 7.31. The Morgan fingerprint density at radius 1 is 1.30 bits per heavy atom. The molecule has 1 aliphatic heterocycles. The minimum atomic E-state index is -0.148. The van der Waals surface area contributed by atoms with Gasteiger partial charge in [0, 0.05) is 25.8 Å². The summed E-state index contributed by atoms with van der Waals surface area (Å²) >= 11 is 0. The average Bonchev–Trinajstić information content (AvgIpc) is 2.90. The topological polar surface area (TPSA) is 83.0 Å². The van der Waals surface area contributed by atoms with Gasteiger partial charge in [0.25, 0.3) is 5.56 Å². The van der Waals surface area contributed by atoms with E-state index in [4.69, 9.17) is 0 Å². The van der Waals surface area contributed by atoms with Crippen LogP contribution >= 0.6 is 12.4 Å². The second kappa shape index (κ2) is 8.89. The van der Waals surface area contributed by atoms with E-state index in [1.54, 1.807) is 11.7 Å². The van der Waals surface area contributed by atoms with Gasteiger partial charge in [-0.2, -0.15) is 0 Å². The number of aryl methyl sites for hydroxylation is 3. The maximum Gasteiger partial charge on any atom is 0.273 e. The quantitative estimate of drug-likeness (QED) is 0.807. The summed E-state index contributed by atoms with van der Waals surface area (Å²) in [5.41, 5.74) is 3.06. The largest absolute Gasteiger partial charge is 0.342 e. The molecule has 8 heteroatoms. The molecule has 1 saturated heterocycles. The number of pyridine rings is 1. The van der Waals surface area contributed by atoms with Crippen LogP contribution in [-0.4, -0.2) is 51.8 Å². The summed E-state index contributed by atoms with van der Waals surface area (Å²) in [5, 5.41) is 6.73. The first-order chi connectivity index (χ1) is 12.4. The van der Waals surface area contributed by atoms with Crippen molar-refractivity contribution in [1.82, 2.24) is 25.0 Å². The van der Waals surface area contributed by atoms with Crippen molar-refractivity contribution in [2.45, 2.75) is 40.0 Å². The molecule has 0 spiro atoms. The fourth-order valence-corrected chi connectivity index (χ4v) is 3.91. The van der Waals surface area contributed by atoms with Crippen LogP contribution in [0.15, 0.2) is 4.79 Å². The van der Waals surface area contributed by atoms with Gasteiger partial charge in [0.05, 0.1) is 11.8 Å². The van der Waals surface area contributed by atoms with Crippen LogP contribution in [0, 0.1) is 19.8 Å². The Morgan fingerprint density at radius 2 is 1.96 bits per heavy atom. The van der Waals surface area contributed by atoms with Gasteiger partial charge in [0.1, 0.15) is 0 Å². The van der Waals surface area contributed by atoms with Crippen LogP contribution in [0.2, 0.25) is 0 Å². The summed E-state index contributed by atoms with van der Waals surface area (Å²) < 4.78 is 1.64. The molecule has 0 atom stereocenters. The fourth-order valence-electron chi connectivity index (χ4n) is 3.91. The highest BCUT2D eigenvalue weighted by Gasteiger charge is 2.24. The molecule has 3 rings (SSSR count). The standard InChI is InChI=1S/C19H29N5O2.ClH/c1-5-20-11-14-6-8-24(9-7-14)16(25)10-15-12(2)17-18(21-13(15)3)23(4)22-19(17)26;/h14,20H,5-11H2,1-4H3,(H,22,26);1H. The number of carbonyl (C=O) groups excluding carboxylic acids is 1. The Labute approximate surface area is 165 Å². The number of halogens is 1. The van der Waals surface area contributed by atoms with E-state index in [2.05, 4.69) is 22.3 Å². The van der Waals surface area contributed by atoms with Gasteiger partial charge in [-0.25, -0.2) is 4.98 Å². The lowest BCUT2D eigenvalue weighted by atomic mass is 9.95. The normalized spacial score (nSPS) is 15.2. The minimum absolute atomic E-state index is 0. The summed E-state index contributed by atoms with van der Waals surface area (Å²) in [7, 11) is 1.78. The SMILES string of the molecule is CCNCC1CCN(C(=O)Cc2c(C)nc3c(c2C)c(=O)[nH]n3C)CC1.Cl. The van der Waals surface area contributed by atoms with Gasteiger partial charge >= 0.3 is 0 Å². The van der Waals surface area contributed by atoms with Crippen molar-refractivity contribution < 1.29 is 4.79 Å². The Kier molecular flexibility index (Phi) is 7.06. The smallest absolute Gasteiger partial charge is 0.273 e. The van der Waals surface area contributed by atoms with Gasteiger partial charge in [-0.3, -0.25) is 19.4 Å². The number of likely N-dealkylation sites (tertiary alicyclic amines) is 1. The molecule has 1 aliphatic rings. The van der Waals surface area contributed by atoms with Crippen molar-refractivity contribution in [1.29, 1.82) is 0 Å². The van der Waals surface area contributed by atoms with Crippen LogP contribution in [0.3, 0.4) is 0 Å². The number of amides is 1. The van der Waals surface area contributed by atoms with Crippen LogP contribution in [0.1, 0.15) is 36.6 Å². The van der Waals surface area contributed by atoms with Gasteiger partial charge in [0.15, 0.2) is 5.65 Å². The van der Waals surface area contributed by atoms with Crippen molar-refractivity contribution in [3.05, 3.63) is 27.2 Å². The molecule has 0 unspecified atom stereocenters. The Bertz CT molecular complexity index is 865. The average molecular weight is 396 g/mol. The summed E-state index contributed by atoms with van der Waals surface area (Å²) in [5.74, 6) is 0.787. The third-order valence-electron chi connectivity index (χ3n) is 5.55. The molecule has 2 N–H and O–H groups in total. The molecule has 2 aromatic rings. The number of nitrogens with one attached hydrogen (secondary N) is 2. The molecule has 7 nitrogen and oxygen atoms in total. The number of nitrogens with zero attached hydrogens (tertiary/aromatic N) is 3. The highest BCUT2D eigenvalue weighted by molar-refractivity contribution is 5.85. The van der Waals surface area contributed by atoms with Gasteiger partial charge < -0.3 is 10.2 Å². The molecule has 1 amide bonds. The van der Waals surface area contributed by atoms with Crippen molar-refractivity contribution in [3.8, 4) is 0 Å². The van der Waals surface area contributed by atoms with Crippen molar-refractivity contribution >= 4 is 29.3 Å². The lowest BCUT2D eigenvalue weighted by molar-refractivity contribution is -0.131. The van der Waals surface area contributed by atoms with E-state index >= 15 is 0 Å². The van der Waals surface area contributed by atoms with Crippen LogP contribution in [0.25, 0.3) is 11.0 Å². The lowest BCUT2D eigenvalue weighted by Crippen LogP contribution is -2.41. The zero-order valence-corrected chi connectivity index (χ0v) is 17.4. The molecule has 3 heterocycles. The number of piperidine rings is 1. The van der Waals surface area contributed by atoms with Gasteiger partial charge in [-0.15, -0.1) is 12.4 Å². The molecule has 0 saturated carbocycles. The lowest BCUT2D eigenvalue weighted by Gasteiger charge is -2.32. The van der Waals surface area contributed by atoms with Crippen molar-refractivity contribution in [3.63, 3.8) is 0 Å². The molecule has 0 aromatic carbocycles. The highest BCUT2D eigenvalue weighted by atomic mass is 35.5. The third-order valence-corrected chi connectivity index (χ3v) is 5.55. The summed E-state index contributed by atoms with van der Waals surface area (Å²) in [6, 6.07) is 0. The van der Waals surface area contributed by atoms with Crippen molar-refractivity contribution in [2.75, 3.05) is 26.2 Å². The molecule has 0 bridgehead atoms. The number of H-pyrrole nitrogens is 1. The van der Waals surface area contributed by atoms with E-state index in [1.807, 2.05) is 18.7 Å². The van der Waals surface area contributed by atoms with Crippen LogP contribution in [-0.2, 0) is 18.3 Å². The number of aromatic amines is 1. The second-order valence-corrected chi connectivity index (χ2v) is 7.31. The predicted octanol–water partition coefficient (Wildman–Crippen LogP) is 1.69. The Balaban J connectivity index is 0.00000261. The number of hydrogen-bond acceptors (Lipinski definition) is 4. The molecular weight excluding hydrogens is 366 g/mol. The summed E-state index contributed by atoms with van der Waals surface area (Å²) in [6.45, 7) is 9.60. The van der Waals surface area contributed by atoms with E-state index in [-0.39, 0.29) is 23.9 Å². The third kappa shape index (κ3) is 4.35. The van der Waals surface area contributed by atoms with Crippen LogP contribution in [0.5, 0.6) is 0 Å². The number of rotatable bonds is 5. The molecular formula is C19H30ClN5O2. The summed E-state index contributed by atoms with van der Waals surface area (Å²) in [4.78, 5) is 31.5. The van der Waals surface area contributed by atoms with E-state index < -0.39 is 0 Å². The molecule has 2 aromatic heterocycles. The van der Waals surface area contributed by atoms with E-state index in [0.29, 0.717) is 23.4 Å². The van der Waals surface area contributed by atoms with E-state index in [1.165, 1.54) is 0 Å². The summed E-state index contributed by atoms with van der Waals surface area (Å²) in [6.07, 6.45) is 2.41. The first-order valence-corrected chi connectivity index (χ1v) is 9.45. The minimum Gasteiger partial charge on any atom is -0.342 e. The van der Waals surface area contributed by atoms with Crippen LogP contribution in [0.4, 0.5) is 0 Å². The monoisotopic (exact) mass is 395 g/mol. The zero-order valence-electron chi connectivity index (χ0n) is 16.6. The number of hydrogen-bond donors (Lipinski definition) is 2. The van der Waals surface area contributed by atoms with Crippen molar-refractivity contribution in [2.24, 2.45) is 13.0 Å². The molecule has 1 fully saturated rings. The molecule has 27 heavy (non-hydrogen) atoms. The van der Waals surface area contributed by atoms with E-state index in [0.717, 1.165) is 55.8 Å². The number of aromatic nitrogens is 3. The van der Waals surface area contributed by atoms with Gasteiger partial charge in [0.2, 0.25) is 5.91 Å². The maximum atomic E-state index is 12.8. The predicted molar refractivity (Wildman–Crippen MR) is 110 cm³/mol. The molecule has 150 valence electrons. The highest BCUT2D eigenvalue weighted by Crippen LogP contribution is 2.22. The van der Waals surface area contributed by atoms with Gasteiger partial charge in [-0.1, -0.05) is 6.92 Å². The Hall–Kier alpha value is -1.86. The number of fused-ring (bicyclic) bond motifs is 1. The molecule has 0 aliphatic carbocycles. The van der Waals surface area contributed by atoms with Crippen LogP contribution < -0.4 is 10.9 Å². The molecule has 0 radical (unpaired) electrons. The Morgan fingerprint density at radius 3 is 2.59 bits per heavy atom. The zero-order chi connectivity index (χ0) is 18.8. The maximum absolute atomic E-state index is 12.8. The first kappa shape index (κ1) is 21.4. The van der Waals surface area contributed by atoms with E-state index in [9.17, 15) is 9.59 Å².